The minimum atomic E-state index is -4.67. The lowest BCUT2D eigenvalue weighted by atomic mass is 10.0. The zero-order chi connectivity index (χ0) is 29.2. The van der Waals surface area contributed by atoms with Gasteiger partial charge in [-0.2, -0.15) is 13.0 Å². The molecule has 1 aliphatic carbocycles. The minimum absolute atomic E-state index is 0.120. The molecule has 214 valence electrons. The van der Waals surface area contributed by atoms with Gasteiger partial charge < -0.3 is 25.8 Å². The molecule has 0 aromatic carbocycles. The first-order valence-corrected chi connectivity index (χ1v) is 14.9. The van der Waals surface area contributed by atoms with Crippen molar-refractivity contribution in [3.63, 3.8) is 0 Å². The highest BCUT2D eigenvalue weighted by atomic mass is 32.3. The van der Waals surface area contributed by atoms with Crippen molar-refractivity contribution < 1.29 is 46.4 Å². The van der Waals surface area contributed by atoms with E-state index in [-0.39, 0.29) is 22.2 Å². The molecule has 5 rings (SSSR count). The van der Waals surface area contributed by atoms with Crippen molar-refractivity contribution in [1.29, 1.82) is 0 Å². The monoisotopic (exact) mass is 612 g/mol. The average Bonchev–Trinajstić information content (AvgIpc) is 3.53. The molecule has 5 N–H and O–H groups in total. The summed E-state index contributed by atoms with van der Waals surface area (Å²) in [6.07, 6.45) is 4.94. The maximum Gasteiger partial charge on any atom is 0.394 e. The van der Waals surface area contributed by atoms with E-state index in [2.05, 4.69) is 26.1 Å². The number of aliphatic carboxylic acids is 1. The van der Waals surface area contributed by atoms with E-state index in [4.69, 9.17) is 28.1 Å². The number of oxime groups is 1. The zero-order valence-electron chi connectivity index (χ0n) is 20.8. The molecule has 2 atom stereocenters. The van der Waals surface area contributed by atoms with Crippen LogP contribution in [0.3, 0.4) is 0 Å². The van der Waals surface area contributed by atoms with Crippen LogP contribution in [-0.4, -0.2) is 75.2 Å². The molecule has 40 heavy (non-hydrogen) atoms. The molecule has 2 amide bonds. The van der Waals surface area contributed by atoms with E-state index in [9.17, 15) is 19.5 Å². The van der Waals surface area contributed by atoms with Crippen molar-refractivity contribution in [2.45, 2.75) is 37.2 Å². The van der Waals surface area contributed by atoms with Crippen LogP contribution < -0.4 is 20.7 Å². The fraction of sp³-hybridized carbons (Fsp3) is 0.364. The normalized spacial score (nSPS) is 20.1. The minimum Gasteiger partial charge on any atom is -0.543 e. The average molecular weight is 613 g/mol. The maximum atomic E-state index is 13.0. The molecule has 2 aliphatic heterocycles. The van der Waals surface area contributed by atoms with Crippen LogP contribution in [0.5, 0.6) is 0 Å². The van der Waals surface area contributed by atoms with Gasteiger partial charge in [-0.3, -0.25) is 23.6 Å². The van der Waals surface area contributed by atoms with Crippen LogP contribution in [0.4, 0.5) is 5.13 Å². The molecule has 15 nitrogen and oxygen atoms in total. The van der Waals surface area contributed by atoms with E-state index in [0.717, 1.165) is 30.6 Å². The van der Waals surface area contributed by atoms with Gasteiger partial charge in [-0.15, -0.1) is 23.1 Å². The Bertz CT molecular complexity index is 1510. The molecule has 0 radical (unpaired) electrons. The van der Waals surface area contributed by atoms with Gasteiger partial charge in [-0.05, 0) is 18.9 Å². The number of thiazole rings is 1. The third-order valence-corrected chi connectivity index (χ3v) is 8.20. The summed E-state index contributed by atoms with van der Waals surface area (Å²) < 4.78 is 33.6. The highest BCUT2D eigenvalue weighted by molar-refractivity contribution is 8.00. The SMILES string of the molecule is CO/N=C(/C(=O)N[C@@H]1C(=O)N2C(C(=O)[O-])=C(C[n+]3cccc4c3CCC4)CS[C@H]12)c1csc(N)n1.O=S(=O)(O)O. The number of carboxylic acids is 1. The number of carboxylic acid groups (broad SMARTS) is 1. The van der Waals surface area contributed by atoms with Gasteiger partial charge in [0, 0.05) is 34.8 Å². The number of carbonyl (C=O) groups is 3. The summed E-state index contributed by atoms with van der Waals surface area (Å²) in [4.78, 5) is 48.0. The molecule has 2 aromatic heterocycles. The summed E-state index contributed by atoms with van der Waals surface area (Å²) >= 11 is 2.53. The second-order valence-electron chi connectivity index (χ2n) is 8.70. The molecule has 18 heteroatoms. The number of nitrogens with one attached hydrogen (secondary N) is 1. The lowest BCUT2D eigenvalue weighted by molar-refractivity contribution is -0.696. The molecule has 0 unspecified atom stereocenters. The predicted molar refractivity (Wildman–Crippen MR) is 140 cm³/mol. The van der Waals surface area contributed by atoms with Crippen LogP contribution >= 0.6 is 23.1 Å². The van der Waals surface area contributed by atoms with Gasteiger partial charge >= 0.3 is 10.4 Å². The molecule has 1 fully saturated rings. The van der Waals surface area contributed by atoms with E-state index < -0.39 is 39.6 Å². The van der Waals surface area contributed by atoms with Gasteiger partial charge in [0.25, 0.3) is 11.8 Å². The van der Waals surface area contributed by atoms with Crippen molar-refractivity contribution in [2.24, 2.45) is 5.16 Å². The Balaban J connectivity index is 0.000000681. The smallest absolute Gasteiger partial charge is 0.394 e. The molecular weight excluding hydrogens is 588 g/mol. The molecule has 2 aromatic rings. The predicted octanol–water partition coefficient (Wildman–Crippen LogP) is -1.70. The Hall–Kier alpha value is -3.58. The fourth-order valence-electron chi connectivity index (χ4n) is 4.66. The van der Waals surface area contributed by atoms with Crippen LogP contribution in [0.15, 0.2) is 40.1 Å². The second kappa shape index (κ2) is 11.9. The molecule has 4 heterocycles. The quantitative estimate of drug-likeness (QED) is 0.0902. The van der Waals surface area contributed by atoms with Crippen LogP contribution in [0.25, 0.3) is 0 Å². The Morgan fingerprint density at radius 2 is 2.10 bits per heavy atom. The summed E-state index contributed by atoms with van der Waals surface area (Å²) in [6.45, 7) is 0.364. The molecule has 0 saturated carbocycles. The van der Waals surface area contributed by atoms with Crippen LogP contribution in [0.1, 0.15) is 23.4 Å². The number of carbonyl (C=O) groups excluding carboxylic acids is 3. The van der Waals surface area contributed by atoms with E-state index in [0.29, 0.717) is 17.9 Å². The molecule has 3 aliphatic rings. The highest BCUT2D eigenvalue weighted by Crippen LogP contribution is 2.40. The van der Waals surface area contributed by atoms with Crippen molar-refractivity contribution in [1.82, 2.24) is 15.2 Å². The number of fused-ring (bicyclic) bond motifs is 2. The molecule has 0 spiro atoms. The van der Waals surface area contributed by atoms with E-state index in [1.54, 1.807) is 5.38 Å². The maximum absolute atomic E-state index is 13.0. The number of nitrogens with two attached hydrogens (primary N) is 1. The molecule has 1 saturated heterocycles. The number of β-lactam (4-membered cyclic amide) rings is 1. The summed E-state index contributed by atoms with van der Waals surface area (Å²) in [7, 11) is -3.38. The van der Waals surface area contributed by atoms with Gasteiger partial charge in [0.2, 0.25) is 0 Å². The number of nitrogen functional groups attached to an aromatic ring is 1. The number of thioether (sulfide) groups is 1. The lowest BCUT2D eigenvalue weighted by Gasteiger charge is -2.50. The number of hydrogen-bond donors (Lipinski definition) is 4. The summed E-state index contributed by atoms with van der Waals surface area (Å²) in [5.74, 6) is -2.21. The van der Waals surface area contributed by atoms with Crippen molar-refractivity contribution in [3.05, 3.63) is 51.9 Å². The van der Waals surface area contributed by atoms with Crippen LogP contribution in [0.2, 0.25) is 0 Å². The largest absolute Gasteiger partial charge is 0.543 e. The number of aryl methyl sites for hydroxylation is 1. The highest BCUT2D eigenvalue weighted by Gasteiger charge is 2.53. The topological polar surface area (TPSA) is 229 Å². The number of aromatic nitrogens is 2. The lowest BCUT2D eigenvalue weighted by Crippen LogP contribution is -2.71. The van der Waals surface area contributed by atoms with Crippen LogP contribution in [-0.2, 0) is 49.0 Å². The van der Waals surface area contributed by atoms with E-state index in [1.165, 1.54) is 35.0 Å². The fourth-order valence-corrected chi connectivity index (χ4v) is 6.54. The third-order valence-electron chi connectivity index (χ3n) is 6.19. The number of hydrogen-bond acceptors (Lipinski definition) is 12. The zero-order valence-corrected chi connectivity index (χ0v) is 23.3. The van der Waals surface area contributed by atoms with Gasteiger partial charge in [0.1, 0.15) is 24.2 Å². The van der Waals surface area contributed by atoms with E-state index in [1.807, 2.05) is 12.3 Å². The number of rotatable bonds is 7. The summed E-state index contributed by atoms with van der Waals surface area (Å²) in [5, 5.41) is 19.7. The van der Waals surface area contributed by atoms with Gasteiger partial charge in [0.15, 0.2) is 29.3 Å². The Morgan fingerprint density at radius 1 is 1.38 bits per heavy atom. The summed E-state index contributed by atoms with van der Waals surface area (Å²) in [6, 6.07) is 3.12. The number of pyridine rings is 1. The first kappa shape index (κ1) is 29.4. The van der Waals surface area contributed by atoms with Crippen molar-refractivity contribution in [2.75, 3.05) is 18.6 Å². The van der Waals surface area contributed by atoms with Crippen LogP contribution in [0, 0.1) is 0 Å². The standard InChI is InChI=1S/C22H22N6O5S2.H2O4S/c1-33-26-15(13-10-35-22(23)24-13)18(29)25-16-19(30)28-17(21(31)32)12(9-34-20(16)28)8-27-7-3-5-11-4-2-6-14(11)27;1-5(2,3)4/h3,5,7,10,16,20H,2,4,6,8-9H2,1H3,(H3-,23,24,25,29,31,32);(H2,1,2,3,4)/b26-15+;/t16-,20-;/m1./s1. The number of amides is 2. The van der Waals surface area contributed by atoms with Crippen molar-refractivity contribution in [3.8, 4) is 0 Å². The van der Waals surface area contributed by atoms with Gasteiger partial charge in [-0.1, -0.05) is 5.16 Å². The Kier molecular flexibility index (Phi) is 8.74. The number of anilines is 1. The second-order valence-corrected chi connectivity index (χ2v) is 11.6. The van der Waals surface area contributed by atoms with Gasteiger partial charge in [0.05, 0.1) is 11.7 Å². The first-order valence-electron chi connectivity index (χ1n) is 11.6. The third kappa shape index (κ3) is 6.41. The number of nitrogens with zero attached hydrogens (tertiary/aromatic N) is 4. The van der Waals surface area contributed by atoms with E-state index >= 15 is 0 Å². The Labute approximate surface area is 236 Å². The summed E-state index contributed by atoms with van der Waals surface area (Å²) in [5.41, 5.74) is 8.69. The molecular formula is C22H24N6O9S3. The van der Waals surface area contributed by atoms with Crippen molar-refractivity contribution >= 4 is 62.1 Å². The first-order chi connectivity index (χ1) is 18.9. The molecule has 0 bridgehead atoms. The Morgan fingerprint density at radius 3 is 2.73 bits per heavy atom. The van der Waals surface area contributed by atoms with Gasteiger partial charge in [-0.25, -0.2) is 4.98 Å².